The Morgan fingerprint density at radius 3 is 2.33 bits per heavy atom. The molecule has 9 heteroatoms. The van der Waals surface area contributed by atoms with E-state index in [1.807, 2.05) is 0 Å². The summed E-state index contributed by atoms with van der Waals surface area (Å²) in [5.41, 5.74) is 4.91. The lowest BCUT2D eigenvalue weighted by Crippen LogP contribution is -2.46. The smallest absolute Gasteiger partial charge is 0.253 e. The summed E-state index contributed by atoms with van der Waals surface area (Å²) in [6.07, 6.45) is 4.56. The van der Waals surface area contributed by atoms with Crippen LogP contribution >= 0.6 is 0 Å². The normalized spacial score (nSPS) is 14.6. The lowest BCUT2D eigenvalue weighted by molar-refractivity contribution is -0.137. The van der Waals surface area contributed by atoms with Crippen molar-refractivity contribution in [2.75, 3.05) is 13.1 Å². The van der Waals surface area contributed by atoms with E-state index in [9.17, 15) is 24.0 Å². The van der Waals surface area contributed by atoms with E-state index in [1.54, 1.807) is 0 Å². The van der Waals surface area contributed by atoms with Crippen molar-refractivity contribution in [1.82, 2.24) is 15.5 Å². The third-order valence-corrected chi connectivity index (χ3v) is 3.39. The molecule has 1 rings (SSSR count). The molecule has 24 heavy (non-hydrogen) atoms. The minimum atomic E-state index is -0.761. The number of nitrogens with zero attached hydrogens (tertiary/aromatic N) is 1. The number of rotatable bonds is 10. The van der Waals surface area contributed by atoms with Crippen LogP contribution in [0.5, 0.6) is 0 Å². The second kappa shape index (κ2) is 9.43. The Labute approximate surface area is 139 Å². The van der Waals surface area contributed by atoms with Crippen molar-refractivity contribution in [2.24, 2.45) is 5.73 Å². The van der Waals surface area contributed by atoms with Crippen molar-refractivity contribution in [1.29, 1.82) is 0 Å². The average Bonchev–Trinajstić information content (AvgIpc) is 2.83. The van der Waals surface area contributed by atoms with Gasteiger partial charge in [-0.2, -0.15) is 0 Å². The molecule has 1 aliphatic heterocycles. The van der Waals surface area contributed by atoms with Crippen LogP contribution in [0.1, 0.15) is 32.6 Å². The number of amides is 5. The largest absolute Gasteiger partial charge is 0.368 e. The molecular formula is C15H22N4O5. The summed E-state index contributed by atoms with van der Waals surface area (Å²) in [6, 6.07) is -0.761. The number of carbonyl (C=O) groups excluding carboxylic acids is 5. The number of nitrogens with one attached hydrogen (secondary N) is 2. The standard InChI is InChI=1S/C15H22N4O5/c1-10(15(24)17-9-11(16)20)18-12(21)5-3-2-4-8-19-13(22)6-7-14(19)23/h6-7,10H,2-5,8-9H2,1H3,(H2,16,20)(H,17,24)(H,18,21)/t10-/m0/s1. The molecule has 0 aromatic heterocycles. The molecular weight excluding hydrogens is 316 g/mol. The summed E-state index contributed by atoms with van der Waals surface area (Å²) in [6.45, 7) is 1.56. The van der Waals surface area contributed by atoms with Crippen molar-refractivity contribution < 1.29 is 24.0 Å². The molecule has 0 saturated heterocycles. The van der Waals surface area contributed by atoms with Gasteiger partial charge in [-0.1, -0.05) is 6.42 Å². The zero-order valence-electron chi connectivity index (χ0n) is 13.5. The van der Waals surface area contributed by atoms with E-state index in [4.69, 9.17) is 5.73 Å². The van der Waals surface area contributed by atoms with Gasteiger partial charge >= 0.3 is 0 Å². The fourth-order valence-electron chi connectivity index (χ4n) is 2.09. The van der Waals surface area contributed by atoms with Gasteiger partial charge in [0.05, 0.1) is 6.54 Å². The minimum Gasteiger partial charge on any atom is -0.368 e. The number of imide groups is 1. The minimum absolute atomic E-state index is 0.230. The molecule has 132 valence electrons. The summed E-state index contributed by atoms with van der Waals surface area (Å²) in [5.74, 6) is -2.05. The van der Waals surface area contributed by atoms with E-state index in [0.717, 1.165) is 4.90 Å². The number of hydrogen-bond acceptors (Lipinski definition) is 5. The highest BCUT2D eigenvalue weighted by atomic mass is 16.2. The monoisotopic (exact) mass is 338 g/mol. The molecule has 0 spiro atoms. The third-order valence-electron chi connectivity index (χ3n) is 3.39. The number of nitrogens with two attached hydrogens (primary N) is 1. The Hall–Kier alpha value is -2.71. The van der Waals surface area contributed by atoms with Crippen molar-refractivity contribution in [3.05, 3.63) is 12.2 Å². The molecule has 0 fully saturated rings. The van der Waals surface area contributed by atoms with Crippen LogP contribution in [0, 0.1) is 0 Å². The molecule has 0 saturated carbocycles. The SMILES string of the molecule is C[C@H](NC(=O)CCCCCN1C(=O)C=CC1=O)C(=O)NCC(N)=O. The molecule has 0 aliphatic carbocycles. The topological polar surface area (TPSA) is 139 Å². The van der Waals surface area contributed by atoms with E-state index in [0.29, 0.717) is 25.8 Å². The Morgan fingerprint density at radius 1 is 1.12 bits per heavy atom. The lowest BCUT2D eigenvalue weighted by Gasteiger charge is -2.14. The zero-order valence-corrected chi connectivity index (χ0v) is 13.5. The first kappa shape index (κ1) is 19.3. The fraction of sp³-hybridized carbons (Fsp3) is 0.533. The maximum Gasteiger partial charge on any atom is 0.253 e. The van der Waals surface area contributed by atoms with Crippen LogP contribution in [0.3, 0.4) is 0 Å². The summed E-state index contributed by atoms with van der Waals surface area (Å²) < 4.78 is 0. The van der Waals surface area contributed by atoms with Gasteiger partial charge in [0.15, 0.2) is 0 Å². The summed E-state index contributed by atoms with van der Waals surface area (Å²) >= 11 is 0. The van der Waals surface area contributed by atoms with Crippen LogP contribution in [-0.4, -0.2) is 53.6 Å². The van der Waals surface area contributed by atoms with Gasteiger partial charge < -0.3 is 16.4 Å². The summed E-state index contributed by atoms with van der Waals surface area (Å²) in [5, 5.41) is 4.82. The maximum absolute atomic E-state index is 11.7. The van der Waals surface area contributed by atoms with Crippen LogP contribution in [0.2, 0.25) is 0 Å². The van der Waals surface area contributed by atoms with E-state index < -0.39 is 17.9 Å². The molecule has 1 heterocycles. The van der Waals surface area contributed by atoms with E-state index >= 15 is 0 Å². The van der Waals surface area contributed by atoms with Crippen molar-refractivity contribution in [2.45, 2.75) is 38.6 Å². The number of hydrogen-bond donors (Lipinski definition) is 3. The molecule has 9 nitrogen and oxygen atoms in total. The molecule has 1 aliphatic rings. The lowest BCUT2D eigenvalue weighted by atomic mass is 10.1. The first-order valence-corrected chi connectivity index (χ1v) is 7.70. The molecule has 0 bridgehead atoms. The van der Waals surface area contributed by atoms with Gasteiger partial charge in [0.25, 0.3) is 11.8 Å². The summed E-state index contributed by atoms with van der Waals surface area (Å²) in [4.78, 5) is 57.6. The number of primary amides is 1. The van der Waals surface area contributed by atoms with E-state index in [1.165, 1.54) is 19.1 Å². The first-order valence-electron chi connectivity index (χ1n) is 7.70. The Morgan fingerprint density at radius 2 is 1.75 bits per heavy atom. The fourth-order valence-corrected chi connectivity index (χ4v) is 2.09. The predicted octanol–water partition coefficient (Wildman–Crippen LogP) is -1.42. The second-order valence-electron chi connectivity index (χ2n) is 5.45. The van der Waals surface area contributed by atoms with Crippen LogP contribution in [0.25, 0.3) is 0 Å². The highest BCUT2D eigenvalue weighted by Crippen LogP contribution is 2.07. The molecule has 1 atom stereocenters. The van der Waals surface area contributed by atoms with Crippen molar-refractivity contribution in [3.63, 3.8) is 0 Å². The molecule has 0 aromatic rings. The van der Waals surface area contributed by atoms with Gasteiger partial charge in [0.2, 0.25) is 17.7 Å². The van der Waals surface area contributed by atoms with Gasteiger partial charge in [-0.05, 0) is 19.8 Å². The first-order chi connectivity index (χ1) is 11.3. The third kappa shape index (κ3) is 6.59. The van der Waals surface area contributed by atoms with Crippen LogP contribution in [0.4, 0.5) is 0 Å². The Kier molecular flexibility index (Phi) is 7.60. The van der Waals surface area contributed by atoms with Gasteiger partial charge in [0.1, 0.15) is 6.04 Å². The Balaban J connectivity index is 2.13. The van der Waals surface area contributed by atoms with Gasteiger partial charge in [0, 0.05) is 25.1 Å². The Bertz CT molecular complexity index is 540. The van der Waals surface area contributed by atoms with Crippen LogP contribution in [0.15, 0.2) is 12.2 Å². The van der Waals surface area contributed by atoms with Gasteiger partial charge in [-0.25, -0.2) is 0 Å². The zero-order chi connectivity index (χ0) is 18.1. The highest BCUT2D eigenvalue weighted by molar-refractivity contribution is 6.12. The molecule has 5 amide bonds. The summed E-state index contributed by atoms with van der Waals surface area (Å²) in [7, 11) is 0. The molecule has 4 N–H and O–H groups in total. The molecule has 0 radical (unpaired) electrons. The maximum atomic E-state index is 11.7. The van der Waals surface area contributed by atoms with Crippen molar-refractivity contribution in [3.8, 4) is 0 Å². The van der Waals surface area contributed by atoms with Crippen molar-refractivity contribution >= 4 is 29.5 Å². The molecule has 0 aromatic carbocycles. The van der Waals surface area contributed by atoms with Crippen LogP contribution < -0.4 is 16.4 Å². The van der Waals surface area contributed by atoms with Gasteiger partial charge in [-0.15, -0.1) is 0 Å². The second-order valence-corrected chi connectivity index (χ2v) is 5.45. The van der Waals surface area contributed by atoms with E-state index in [-0.39, 0.29) is 30.7 Å². The van der Waals surface area contributed by atoms with E-state index in [2.05, 4.69) is 10.6 Å². The number of carbonyl (C=O) groups is 5. The average molecular weight is 338 g/mol. The van der Waals surface area contributed by atoms with Gasteiger partial charge in [-0.3, -0.25) is 28.9 Å². The predicted molar refractivity (Wildman–Crippen MR) is 84.1 cm³/mol. The number of unbranched alkanes of at least 4 members (excludes halogenated alkanes) is 2. The highest BCUT2D eigenvalue weighted by Gasteiger charge is 2.22. The van der Waals surface area contributed by atoms with Crippen LogP contribution in [-0.2, 0) is 24.0 Å². The molecule has 0 unspecified atom stereocenters. The quantitative estimate of drug-likeness (QED) is 0.331.